The molecule has 1 saturated heterocycles. The summed E-state index contributed by atoms with van der Waals surface area (Å²) >= 11 is 0. The number of likely N-dealkylation sites (tertiary alicyclic amines) is 1. The highest BCUT2D eigenvalue weighted by molar-refractivity contribution is 4.98. The van der Waals surface area contributed by atoms with Crippen LogP contribution in [0.4, 0.5) is 0 Å². The van der Waals surface area contributed by atoms with E-state index in [0.29, 0.717) is 6.42 Å². The summed E-state index contributed by atoms with van der Waals surface area (Å²) in [6.45, 7) is 2.22. The molecule has 13 heavy (non-hydrogen) atoms. The molecule has 0 unspecified atom stereocenters. The van der Waals surface area contributed by atoms with Crippen LogP contribution in [-0.4, -0.2) is 49.6 Å². The molecule has 0 N–H and O–H groups in total. The Bertz CT molecular complexity index is 197. The van der Waals surface area contributed by atoms with Crippen molar-refractivity contribution in [3.05, 3.63) is 0 Å². The predicted molar refractivity (Wildman–Crippen MR) is 53.4 cm³/mol. The molecule has 3 heteroatoms. The fraction of sp³-hybridized carbons (Fsp3) is 0.900. The summed E-state index contributed by atoms with van der Waals surface area (Å²) in [7, 11) is 6.32. The highest BCUT2D eigenvalue weighted by atomic mass is 15.2. The van der Waals surface area contributed by atoms with E-state index in [0.717, 1.165) is 25.9 Å². The molecule has 1 heterocycles. The highest BCUT2D eigenvalue weighted by Crippen LogP contribution is 2.29. The minimum absolute atomic E-state index is 0.140. The van der Waals surface area contributed by atoms with Crippen molar-refractivity contribution < 1.29 is 0 Å². The highest BCUT2D eigenvalue weighted by Gasteiger charge is 2.35. The number of hydrogen-bond acceptors (Lipinski definition) is 3. The van der Waals surface area contributed by atoms with E-state index in [2.05, 4.69) is 37.0 Å². The minimum Gasteiger partial charge on any atom is -0.306 e. The van der Waals surface area contributed by atoms with Gasteiger partial charge in [0.15, 0.2) is 0 Å². The number of nitrogens with zero attached hydrogens (tertiary/aromatic N) is 3. The van der Waals surface area contributed by atoms with E-state index in [1.54, 1.807) is 0 Å². The summed E-state index contributed by atoms with van der Waals surface area (Å²) in [6.07, 6.45) is 2.89. The molecule has 1 fully saturated rings. The zero-order valence-electron chi connectivity index (χ0n) is 8.88. The number of hydrogen-bond donors (Lipinski definition) is 0. The van der Waals surface area contributed by atoms with Gasteiger partial charge in [0.1, 0.15) is 0 Å². The van der Waals surface area contributed by atoms with E-state index in [1.165, 1.54) is 0 Å². The van der Waals surface area contributed by atoms with Crippen LogP contribution in [0.1, 0.15) is 19.3 Å². The fourth-order valence-corrected chi connectivity index (χ4v) is 1.96. The Hall–Kier alpha value is -0.590. The summed E-state index contributed by atoms with van der Waals surface area (Å²) in [5.41, 5.74) is 0.140. The Balaban J connectivity index is 2.64. The molecule has 1 aliphatic heterocycles. The standard InChI is InChI=1S/C10H19N3/c1-12(2)10(4-7-11)5-8-13(3)9-6-10/h4-6,8-9H2,1-3H3. The molecule has 3 nitrogen and oxygen atoms in total. The summed E-state index contributed by atoms with van der Waals surface area (Å²) < 4.78 is 0. The molecule has 0 saturated carbocycles. The minimum atomic E-state index is 0.140. The lowest BCUT2D eigenvalue weighted by atomic mass is 9.84. The van der Waals surface area contributed by atoms with Crippen LogP contribution in [0.5, 0.6) is 0 Å². The lowest BCUT2D eigenvalue weighted by molar-refractivity contribution is 0.0704. The molecule has 0 aromatic carbocycles. The van der Waals surface area contributed by atoms with Crippen LogP contribution in [0.3, 0.4) is 0 Å². The predicted octanol–water partition coefficient (Wildman–Crippen LogP) is 0.926. The third kappa shape index (κ3) is 2.20. The van der Waals surface area contributed by atoms with Crippen molar-refractivity contribution >= 4 is 0 Å². The lowest BCUT2D eigenvalue weighted by Crippen LogP contribution is -2.51. The summed E-state index contributed by atoms with van der Waals surface area (Å²) in [4.78, 5) is 4.56. The average molecular weight is 181 g/mol. The first-order valence-corrected chi connectivity index (χ1v) is 4.84. The molecule has 0 bridgehead atoms. The smallest absolute Gasteiger partial charge is 0.0641 e. The quantitative estimate of drug-likeness (QED) is 0.635. The molecule has 74 valence electrons. The maximum Gasteiger partial charge on any atom is 0.0641 e. The number of piperidine rings is 1. The number of nitriles is 1. The number of rotatable bonds is 2. The SMILES string of the molecule is CN1CCC(CC#N)(N(C)C)CC1. The molecule has 1 rings (SSSR count). The first-order chi connectivity index (χ1) is 6.10. The normalized spacial score (nSPS) is 23.0. The van der Waals surface area contributed by atoms with Crippen LogP contribution in [0.25, 0.3) is 0 Å². The van der Waals surface area contributed by atoms with Crippen molar-refractivity contribution in [3.8, 4) is 6.07 Å². The van der Waals surface area contributed by atoms with Gasteiger partial charge in [0.2, 0.25) is 0 Å². The second-order valence-electron chi connectivity index (χ2n) is 4.26. The van der Waals surface area contributed by atoms with Crippen molar-refractivity contribution in [2.75, 3.05) is 34.2 Å². The van der Waals surface area contributed by atoms with Gasteiger partial charge >= 0.3 is 0 Å². The molecule has 0 radical (unpaired) electrons. The summed E-state index contributed by atoms with van der Waals surface area (Å²) in [5.74, 6) is 0. The van der Waals surface area contributed by atoms with Gasteiger partial charge in [-0.1, -0.05) is 0 Å². The van der Waals surface area contributed by atoms with Crippen molar-refractivity contribution in [1.29, 1.82) is 5.26 Å². The van der Waals surface area contributed by atoms with E-state index in [4.69, 9.17) is 5.26 Å². The van der Waals surface area contributed by atoms with Gasteiger partial charge in [-0.15, -0.1) is 0 Å². The molecule has 0 atom stereocenters. The van der Waals surface area contributed by atoms with Crippen LogP contribution in [0.15, 0.2) is 0 Å². The molecule has 0 spiro atoms. The van der Waals surface area contributed by atoms with Gasteiger partial charge in [0.05, 0.1) is 12.5 Å². The molecular formula is C10H19N3. The Kier molecular flexibility index (Phi) is 3.29. The lowest BCUT2D eigenvalue weighted by Gasteiger charge is -2.44. The molecule has 0 amide bonds. The van der Waals surface area contributed by atoms with Gasteiger partial charge in [-0.2, -0.15) is 5.26 Å². The van der Waals surface area contributed by atoms with Crippen molar-refractivity contribution in [1.82, 2.24) is 9.80 Å². The Morgan fingerprint density at radius 3 is 2.31 bits per heavy atom. The van der Waals surface area contributed by atoms with Crippen molar-refractivity contribution in [3.63, 3.8) is 0 Å². The Morgan fingerprint density at radius 2 is 1.92 bits per heavy atom. The fourth-order valence-electron chi connectivity index (χ4n) is 1.96. The van der Waals surface area contributed by atoms with E-state index < -0.39 is 0 Å². The second kappa shape index (κ2) is 4.08. The zero-order valence-corrected chi connectivity index (χ0v) is 8.88. The van der Waals surface area contributed by atoms with Gasteiger partial charge in [0, 0.05) is 5.54 Å². The van der Waals surface area contributed by atoms with Gasteiger partial charge in [0.25, 0.3) is 0 Å². The molecule has 1 aliphatic rings. The molecule has 0 aromatic rings. The van der Waals surface area contributed by atoms with Crippen molar-refractivity contribution in [2.45, 2.75) is 24.8 Å². The van der Waals surface area contributed by atoms with Crippen LogP contribution in [0, 0.1) is 11.3 Å². The molecular weight excluding hydrogens is 162 g/mol. The topological polar surface area (TPSA) is 30.3 Å². The van der Waals surface area contributed by atoms with Gasteiger partial charge in [-0.25, -0.2) is 0 Å². The maximum absolute atomic E-state index is 8.81. The van der Waals surface area contributed by atoms with E-state index in [1.807, 2.05) is 0 Å². The van der Waals surface area contributed by atoms with E-state index in [-0.39, 0.29) is 5.54 Å². The van der Waals surface area contributed by atoms with Crippen LogP contribution >= 0.6 is 0 Å². The first-order valence-electron chi connectivity index (χ1n) is 4.84. The average Bonchev–Trinajstić information content (AvgIpc) is 2.09. The third-order valence-electron chi connectivity index (χ3n) is 3.27. The van der Waals surface area contributed by atoms with Crippen LogP contribution in [-0.2, 0) is 0 Å². The second-order valence-corrected chi connectivity index (χ2v) is 4.26. The molecule has 0 aliphatic carbocycles. The van der Waals surface area contributed by atoms with Gasteiger partial charge in [-0.3, -0.25) is 0 Å². The zero-order chi connectivity index (χ0) is 9.90. The van der Waals surface area contributed by atoms with Gasteiger partial charge in [-0.05, 0) is 47.1 Å². The summed E-state index contributed by atoms with van der Waals surface area (Å²) in [5, 5.41) is 8.81. The summed E-state index contributed by atoms with van der Waals surface area (Å²) in [6, 6.07) is 2.31. The van der Waals surface area contributed by atoms with E-state index in [9.17, 15) is 0 Å². The van der Waals surface area contributed by atoms with Gasteiger partial charge < -0.3 is 9.80 Å². The van der Waals surface area contributed by atoms with E-state index >= 15 is 0 Å². The molecule has 0 aromatic heterocycles. The monoisotopic (exact) mass is 181 g/mol. The van der Waals surface area contributed by atoms with Crippen LogP contribution < -0.4 is 0 Å². The first kappa shape index (κ1) is 10.5. The van der Waals surface area contributed by atoms with Crippen molar-refractivity contribution in [2.24, 2.45) is 0 Å². The Labute approximate surface area is 80.9 Å². The third-order valence-corrected chi connectivity index (χ3v) is 3.27. The van der Waals surface area contributed by atoms with Crippen LogP contribution in [0.2, 0.25) is 0 Å². The Morgan fingerprint density at radius 1 is 1.38 bits per heavy atom. The largest absolute Gasteiger partial charge is 0.306 e. The maximum atomic E-state index is 8.81.